The average molecular weight is 485 g/mol. The van der Waals surface area contributed by atoms with E-state index < -0.39 is 35.9 Å². The van der Waals surface area contributed by atoms with Gasteiger partial charge in [0.1, 0.15) is 11.0 Å². The zero-order valence-electron chi connectivity index (χ0n) is 15.8. The molecule has 2 atom stereocenters. The number of aliphatic hydroxyl groups excluding tert-OH is 1. The summed E-state index contributed by atoms with van der Waals surface area (Å²) >= 11 is 3.41. The normalized spacial score (nSPS) is 21.4. The number of anilines is 1. The molecule has 0 bridgehead atoms. The molecule has 6 N–H and O–H groups in total. The minimum atomic E-state index is -1.88. The van der Waals surface area contributed by atoms with E-state index in [1.54, 1.807) is 6.92 Å². The van der Waals surface area contributed by atoms with Gasteiger partial charge in [0, 0.05) is 16.4 Å². The van der Waals surface area contributed by atoms with Crippen LogP contribution in [0.4, 0.5) is 5.13 Å². The van der Waals surface area contributed by atoms with Crippen LogP contribution in [0.3, 0.4) is 0 Å². The number of hydrogen-bond acceptors (Lipinski definition) is 14. The summed E-state index contributed by atoms with van der Waals surface area (Å²) in [6, 6.07) is -1.41. The highest BCUT2D eigenvalue weighted by Gasteiger charge is 2.53. The Balaban J connectivity index is 1.51. The number of hydrogen-bond donors (Lipinski definition) is 5. The first-order valence-electron chi connectivity index (χ1n) is 8.82. The quantitative estimate of drug-likeness (QED) is 0.114. The summed E-state index contributed by atoms with van der Waals surface area (Å²) in [7, 11) is 0. The fourth-order valence-electron chi connectivity index (χ4n) is 3.37. The molecular formula is C15H16N8O5S3. The lowest BCUT2D eigenvalue weighted by atomic mass is 9.86. The lowest BCUT2D eigenvalue weighted by Gasteiger charge is -2.51. The number of nitrogens with zero attached hydrogens (tertiary/aromatic N) is 6. The van der Waals surface area contributed by atoms with Gasteiger partial charge < -0.3 is 31.4 Å². The highest BCUT2D eigenvalue weighted by atomic mass is 32.2. The van der Waals surface area contributed by atoms with Crippen molar-refractivity contribution in [2.45, 2.75) is 42.5 Å². The van der Waals surface area contributed by atoms with Gasteiger partial charge in [-0.3, -0.25) is 9.59 Å². The van der Waals surface area contributed by atoms with Crippen molar-refractivity contribution < 1.29 is 25.0 Å². The van der Waals surface area contributed by atoms with Crippen LogP contribution >= 0.6 is 34.6 Å². The number of nitrogens with two attached hydrogens (primary N) is 1. The fourth-order valence-corrected chi connectivity index (χ4v) is 5.87. The van der Waals surface area contributed by atoms with Crippen LogP contribution in [0.1, 0.15) is 23.7 Å². The number of β-lactam (4-membered cyclic amide) rings is 1. The van der Waals surface area contributed by atoms with Crippen molar-refractivity contribution in [3.05, 3.63) is 21.4 Å². The fraction of sp³-hybridized carbons (Fsp3) is 0.400. The third-order valence-corrected chi connectivity index (χ3v) is 7.24. The zero-order valence-corrected chi connectivity index (χ0v) is 18.2. The number of thioether (sulfide) groups is 1. The van der Waals surface area contributed by atoms with Gasteiger partial charge in [0.15, 0.2) is 15.8 Å². The topological polar surface area (TPSA) is 200 Å². The summed E-state index contributed by atoms with van der Waals surface area (Å²) in [5.41, 5.74) is 5.07. The summed E-state index contributed by atoms with van der Waals surface area (Å²) in [4.78, 5) is 30.9. The first-order valence-corrected chi connectivity index (χ1v) is 11.2. The second kappa shape index (κ2) is 8.46. The summed E-state index contributed by atoms with van der Waals surface area (Å²) in [5.74, 6) is -1.53. The lowest BCUT2D eigenvalue weighted by molar-refractivity contribution is -0.155. The number of aryl methyl sites for hydroxylation is 1. The zero-order chi connectivity index (χ0) is 22.3. The number of rotatable bonds is 6. The standard InChI is InChI=1S/C15H16N8O5S3/c1-4-19-20-15(29-4)30-6-3-2-5-7(12(25)23(5)9(6)13(26)27)17-11(24)8(21-28)10-18-14(16)31-22-10/h5,7,13,26-28H,2-3H2,1H3,(H,17,24)(H2,16,18,22)/b21-8-/t5-,7+/m1/s1. The molecule has 4 rings (SSSR count). The van der Waals surface area contributed by atoms with E-state index in [-0.39, 0.29) is 16.7 Å². The van der Waals surface area contributed by atoms with Crippen LogP contribution in [0.25, 0.3) is 0 Å². The molecule has 0 unspecified atom stereocenters. The number of oxime groups is 1. The maximum atomic E-state index is 12.8. The number of amides is 2. The van der Waals surface area contributed by atoms with E-state index in [1.165, 1.54) is 28.0 Å². The predicted octanol–water partition coefficient (Wildman–Crippen LogP) is -0.737. The number of carbonyl (C=O) groups excluding carboxylic acids is 2. The number of nitrogen functional groups attached to an aromatic ring is 1. The van der Waals surface area contributed by atoms with Crippen LogP contribution in [-0.4, -0.2) is 75.8 Å². The van der Waals surface area contributed by atoms with Crippen molar-refractivity contribution >= 4 is 57.3 Å². The molecule has 1 fully saturated rings. The molecular weight excluding hydrogens is 468 g/mol. The molecule has 0 aliphatic carbocycles. The predicted molar refractivity (Wildman–Crippen MR) is 110 cm³/mol. The van der Waals surface area contributed by atoms with Crippen molar-refractivity contribution in [3.8, 4) is 0 Å². The van der Waals surface area contributed by atoms with Gasteiger partial charge in [-0.05, 0) is 19.8 Å². The van der Waals surface area contributed by atoms with Gasteiger partial charge in [0.25, 0.3) is 11.8 Å². The molecule has 2 aromatic rings. The Kier molecular flexibility index (Phi) is 5.89. The van der Waals surface area contributed by atoms with E-state index in [1.807, 2.05) is 0 Å². The molecule has 1 saturated heterocycles. The first kappa shape index (κ1) is 21.6. The Bertz CT molecular complexity index is 1100. The third kappa shape index (κ3) is 3.99. The number of carbonyl (C=O) groups is 2. The summed E-state index contributed by atoms with van der Waals surface area (Å²) in [6.07, 6.45) is -0.959. The number of aromatic nitrogens is 4. The minimum absolute atomic E-state index is 0.0644. The number of allylic oxidation sites excluding steroid dienone is 1. The summed E-state index contributed by atoms with van der Waals surface area (Å²) in [6.45, 7) is 1.81. The van der Waals surface area contributed by atoms with E-state index in [0.29, 0.717) is 22.1 Å². The van der Waals surface area contributed by atoms with E-state index in [0.717, 1.165) is 16.5 Å². The Morgan fingerprint density at radius 1 is 1.42 bits per heavy atom. The summed E-state index contributed by atoms with van der Waals surface area (Å²) in [5, 5.41) is 43.2. The maximum absolute atomic E-state index is 12.8. The van der Waals surface area contributed by atoms with Gasteiger partial charge in [-0.25, -0.2) is 0 Å². The Morgan fingerprint density at radius 2 is 2.19 bits per heavy atom. The molecule has 13 nitrogen and oxygen atoms in total. The van der Waals surface area contributed by atoms with E-state index in [4.69, 9.17) is 5.73 Å². The van der Waals surface area contributed by atoms with Crippen LogP contribution in [0, 0.1) is 6.92 Å². The molecule has 31 heavy (non-hydrogen) atoms. The number of fused-ring (bicyclic) bond motifs is 1. The van der Waals surface area contributed by atoms with Crippen LogP contribution in [0.15, 0.2) is 20.1 Å². The van der Waals surface area contributed by atoms with Gasteiger partial charge in [0.05, 0.1) is 11.7 Å². The largest absolute Gasteiger partial charge is 0.410 e. The van der Waals surface area contributed by atoms with E-state index in [2.05, 4.69) is 30.0 Å². The smallest absolute Gasteiger partial charge is 0.278 e. The van der Waals surface area contributed by atoms with Crippen LogP contribution < -0.4 is 11.1 Å². The van der Waals surface area contributed by atoms with Crippen molar-refractivity contribution in [1.82, 2.24) is 29.8 Å². The van der Waals surface area contributed by atoms with Crippen molar-refractivity contribution in [1.29, 1.82) is 0 Å². The van der Waals surface area contributed by atoms with Gasteiger partial charge in [0.2, 0.25) is 11.5 Å². The molecule has 0 radical (unpaired) electrons. The first-order chi connectivity index (χ1) is 14.8. The lowest BCUT2D eigenvalue weighted by Crippen LogP contribution is -2.72. The van der Waals surface area contributed by atoms with E-state index >= 15 is 0 Å². The Hall–Kier alpha value is -2.66. The monoisotopic (exact) mass is 484 g/mol. The molecule has 0 aromatic carbocycles. The second-order valence-corrected chi connectivity index (χ2v) is 9.85. The highest BCUT2D eigenvalue weighted by Crippen LogP contribution is 2.44. The van der Waals surface area contributed by atoms with Crippen molar-refractivity contribution in [2.24, 2.45) is 5.16 Å². The Morgan fingerprint density at radius 3 is 2.77 bits per heavy atom. The molecule has 2 aromatic heterocycles. The molecule has 0 saturated carbocycles. The maximum Gasteiger partial charge on any atom is 0.278 e. The van der Waals surface area contributed by atoms with Crippen LogP contribution in [0.5, 0.6) is 0 Å². The van der Waals surface area contributed by atoms with Crippen molar-refractivity contribution in [2.75, 3.05) is 5.73 Å². The highest BCUT2D eigenvalue weighted by molar-refractivity contribution is 8.04. The number of nitrogens with one attached hydrogen (secondary N) is 1. The Labute approximate surface area is 186 Å². The van der Waals surface area contributed by atoms with Crippen LogP contribution in [-0.2, 0) is 9.59 Å². The minimum Gasteiger partial charge on any atom is -0.410 e. The molecule has 2 amide bonds. The van der Waals surface area contributed by atoms with Gasteiger partial charge >= 0.3 is 0 Å². The van der Waals surface area contributed by atoms with Gasteiger partial charge in [-0.2, -0.15) is 9.36 Å². The van der Waals surface area contributed by atoms with Gasteiger partial charge in [-0.15, -0.1) is 10.2 Å². The average Bonchev–Trinajstić information content (AvgIpc) is 3.34. The van der Waals surface area contributed by atoms with E-state index in [9.17, 15) is 25.0 Å². The summed E-state index contributed by atoms with van der Waals surface area (Å²) < 4.78 is 4.44. The molecule has 0 spiro atoms. The number of aliphatic hydroxyl groups is 2. The molecule has 4 heterocycles. The second-order valence-electron chi connectivity index (χ2n) is 6.54. The van der Waals surface area contributed by atoms with Crippen molar-refractivity contribution in [3.63, 3.8) is 0 Å². The molecule has 2 aliphatic rings. The third-order valence-electron chi connectivity index (χ3n) is 4.65. The molecule has 16 heteroatoms. The SMILES string of the molecule is Cc1nnc(SC2=C(C(O)O)N3C(=O)[C@@H](NC(=O)/C(=N\O)c4nsc(N)n4)[C@H]3CC2)s1. The van der Waals surface area contributed by atoms with Gasteiger partial charge in [-0.1, -0.05) is 28.3 Å². The molecule has 2 aliphatic heterocycles. The molecule has 164 valence electrons. The van der Waals surface area contributed by atoms with Crippen LogP contribution in [0.2, 0.25) is 0 Å².